The van der Waals surface area contributed by atoms with Gasteiger partial charge in [-0.1, -0.05) is 6.07 Å². The number of aliphatic hydroxyl groups is 1. The number of aliphatic hydroxyl groups excluding tert-OH is 1. The van der Waals surface area contributed by atoms with E-state index in [0.717, 1.165) is 0 Å². The fraction of sp³-hybridized carbons (Fsp3) is 0.318. The first-order chi connectivity index (χ1) is 13.9. The molecule has 1 aromatic carbocycles. The lowest BCUT2D eigenvalue weighted by Gasteiger charge is -2.24. The maximum absolute atomic E-state index is 12.8. The number of benzene rings is 1. The summed E-state index contributed by atoms with van der Waals surface area (Å²) in [7, 11) is 1.52. The van der Waals surface area contributed by atoms with Gasteiger partial charge in [-0.3, -0.25) is 14.6 Å². The predicted molar refractivity (Wildman–Crippen MR) is 107 cm³/mol. The van der Waals surface area contributed by atoms with Gasteiger partial charge in [0.2, 0.25) is 0 Å². The van der Waals surface area contributed by atoms with E-state index in [4.69, 9.17) is 9.47 Å². The van der Waals surface area contributed by atoms with Gasteiger partial charge in [0, 0.05) is 31.6 Å². The van der Waals surface area contributed by atoms with Crippen LogP contribution < -0.4 is 4.74 Å². The number of Topliss-reactive ketones (excluding diaryl/α,β-unsaturated/α-hetero) is 1. The number of hydrogen-bond acceptors (Lipinski definition) is 6. The van der Waals surface area contributed by atoms with Gasteiger partial charge in [0.1, 0.15) is 11.5 Å². The zero-order valence-corrected chi connectivity index (χ0v) is 16.7. The van der Waals surface area contributed by atoms with Crippen molar-refractivity contribution in [3.05, 3.63) is 65.5 Å². The minimum atomic E-state index is -0.731. The third-order valence-corrected chi connectivity index (χ3v) is 4.58. The molecule has 2 heterocycles. The number of carbonyl (C=O) groups excluding carboxylic acids is 2. The van der Waals surface area contributed by atoms with Crippen molar-refractivity contribution in [3.63, 3.8) is 0 Å². The molecule has 1 aliphatic heterocycles. The maximum atomic E-state index is 12.8. The molecule has 2 aromatic rings. The Kier molecular flexibility index (Phi) is 6.29. The van der Waals surface area contributed by atoms with Crippen molar-refractivity contribution in [1.29, 1.82) is 0 Å². The molecule has 1 atom stereocenters. The normalized spacial score (nSPS) is 18.5. The molecule has 0 radical (unpaired) electrons. The molecule has 1 aromatic heterocycles. The number of pyridine rings is 1. The zero-order valence-electron chi connectivity index (χ0n) is 16.7. The van der Waals surface area contributed by atoms with Gasteiger partial charge < -0.3 is 19.5 Å². The lowest BCUT2D eigenvalue weighted by atomic mass is 9.96. The van der Waals surface area contributed by atoms with Crippen molar-refractivity contribution in [2.45, 2.75) is 26.0 Å². The smallest absolute Gasteiger partial charge is 0.295 e. The fourth-order valence-corrected chi connectivity index (χ4v) is 3.30. The molecule has 1 fully saturated rings. The number of ether oxygens (including phenoxy) is 2. The molecule has 7 heteroatoms. The van der Waals surface area contributed by atoms with Gasteiger partial charge in [-0.05, 0) is 49.7 Å². The average Bonchev–Trinajstić information content (AvgIpc) is 2.97. The van der Waals surface area contributed by atoms with Crippen molar-refractivity contribution in [2.75, 3.05) is 20.3 Å². The molecule has 1 aliphatic rings. The SMILES string of the molecule is COCCN1C(=O)C(=O)C(=C(O)c2ccc(OC(C)C)cc2)C1c1cccnc1. The maximum Gasteiger partial charge on any atom is 0.295 e. The standard InChI is InChI=1S/C22H24N2O5/c1-14(2)29-17-8-6-15(7-9-17)20(25)18-19(16-5-4-10-23-13-16)24(11-12-28-3)22(27)21(18)26/h4-10,13-14,19,25H,11-12H2,1-3H3. The molecule has 29 heavy (non-hydrogen) atoms. The third-order valence-electron chi connectivity index (χ3n) is 4.58. The Morgan fingerprint density at radius 1 is 1.21 bits per heavy atom. The first kappa shape index (κ1) is 20.5. The number of aromatic nitrogens is 1. The average molecular weight is 396 g/mol. The Balaban J connectivity index is 2.05. The minimum absolute atomic E-state index is 0.0196. The number of methoxy groups -OCH3 is 1. The summed E-state index contributed by atoms with van der Waals surface area (Å²) in [5, 5.41) is 10.9. The van der Waals surface area contributed by atoms with E-state index in [0.29, 0.717) is 16.9 Å². The van der Waals surface area contributed by atoms with E-state index in [2.05, 4.69) is 4.98 Å². The quantitative estimate of drug-likeness (QED) is 0.440. The summed E-state index contributed by atoms with van der Waals surface area (Å²) in [6.07, 6.45) is 3.22. The summed E-state index contributed by atoms with van der Waals surface area (Å²) in [4.78, 5) is 31.0. The van der Waals surface area contributed by atoms with E-state index in [1.165, 1.54) is 12.0 Å². The van der Waals surface area contributed by atoms with Gasteiger partial charge in [-0.15, -0.1) is 0 Å². The Hall–Kier alpha value is -3.19. The summed E-state index contributed by atoms with van der Waals surface area (Å²) < 4.78 is 10.7. The van der Waals surface area contributed by atoms with Crippen LogP contribution in [0.4, 0.5) is 0 Å². The van der Waals surface area contributed by atoms with Crippen LogP contribution in [0.15, 0.2) is 54.4 Å². The number of nitrogens with zero attached hydrogens (tertiary/aromatic N) is 2. The van der Waals surface area contributed by atoms with Gasteiger partial charge in [0.25, 0.3) is 11.7 Å². The molecular weight excluding hydrogens is 372 g/mol. The molecule has 7 nitrogen and oxygen atoms in total. The first-order valence-electron chi connectivity index (χ1n) is 9.38. The largest absolute Gasteiger partial charge is 0.507 e. The molecule has 1 N–H and O–H groups in total. The highest BCUT2D eigenvalue weighted by Gasteiger charge is 2.45. The van der Waals surface area contributed by atoms with E-state index in [1.54, 1.807) is 48.8 Å². The topological polar surface area (TPSA) is 89.0 Å². The lowest BCUT2D eigenvalue weighted by Crippen LogP contribution is -2.32. The van der Waals surface area contributed by atoms with Gasteiger partial charge >= 0.3 is 0 Å². The Morgan fingerprint density at radius 2 is 1.93 bits per heavy atom. The molecule has 152 valence electrons. The number of amides is 1. The van der Waals surface area contributed by atoms with Crippen molar-refractivity contribution in [1.82, 2.24) is 9.88 Å². The second-order valence-electron chi connectivity index (χ2n) is 6.96. The van der Waals surface area contributed by atoms with E-state index in [1.807, 2.05) is 13.8 Å². The van der Waals surface area contributed by atoms with Crippen LogP contribution in [0.25, 0.3) is 5.76 Å². The molecule has 0 aliphatic carbocycles. The second-order valence-corrected chi connectivity index (χ2v) is 6.96. The van der Waals surface area contributed by atoms with Gasteiger partial charge in [0.15, 0.2) is 0 Å². The van der Waals surface area contributed by atoms with Crippen LogP contribution in [0, 0.1) is 0 Å². The number of carbonyl (C=O) groups is 2. The minimum Gasteiger partial charge on any atom is -0.507 e. The van der Waals surface area contributed by atoms with Crippen LogP contribution in [0.2, 0.25) is 0 Å². The fourth-order valence-electron chi connectivity index (χ4n) is 3.30. The molecule has 0 bridgehead atoms. The van der Waals surface area contributed by atoms with Gasteiger partial charge in [-0.25, -0.2) is 0 Å². The zero-order chi connectivity index (χ0) is 21.0. The molecular formula is C22H24N2O5. The molecule has 0 saturated carbocycles. The highest BCUT2D eigenvalue weighted by Crippen LogP contribution is 2.39. The Labute approximate surface area is 169 Å². The van der Waals surface area contributed by atoms with Crippen LogP contribution in [-0.2, 0) is 14.3 Å². The molecule has 1 amide bonds. The van der Waals surface area contributed by atoms with Crippen LogP contribution in [0.3, 0.4) is 0 Å². The van der Waals surface area contributed by atoms with Crippen molar-refractivity contribution in [2.24, 2.45) is 0 Å². The van der Waals surface area contributed by atoms with Crippen molar-refractivity contribution < 1.29 is 24.2 Å². The highest BCUT2D eigenvalue weighted by atomic mass is 16.5. The third kappa shape index (κ3) is 4.30. The molecule has 1 unspecified atom stereocenters. The Bertz CT molecular complexity index is 907. The monoisotopic (exact) mass is 396 g/mol. The van der Waals surface area contributed by atoms with Crippen LogP contribution in [-0.4, -0.2) is 53.0 Å². The summed E-state index contributed by atoms with van der Waals surface area (Å²) in [5.41, 5.74) is 1.11. The van der Waals surface area contributed by atoms with Crippen LogP contribution in [0.1, 0.15) is 31.0 Å². The lowest BCUT2D eigenvalue weighted by molar-refractivity contribution is -0.140. The second kappa shape index (κ2) is 8.87. The molecule has 1 saturated heterocycles. The summed E-state index contributed by atoms with van der Waals surface area (Å²) in [6.45, 7) is 4.33. The number of ketones is 1. The van der Waals surface area contributed by atoms with Crippen LogP contribution in [0.5, 0.6) is 5.75 Å². The van der Waals surface area contributed by atoms with E-state index >= 15 is 0 Å². The number of rotatable bonds is 7. The Morgan fingerprint density at radius 3 is 2.52 bits per heavy atom. The van der Waals surface area contributed by atoms with E-state index in [-0.39, 0.29) is 30.6 Å². The van der Waals surface area contributed by atoms with Crippen LogP contribution >= 0.6 is 0 Å². The summed E-state index contributed by atoms with van der Waals surface area (Å²) >= 11 is 0. The summed E-state index contributed by atoms with van der Waals surface area (Å²) in [5.74, 6) is -0.971. The van der Waals surface area contributed by atoms with E-state index < -0.39 is 17.7 Å². The van der Waals surface area contributed by atoms with Gasteiger partial charge in [-0.2, -0.15) is 0 Å². The number of likely N-dealkylation sites (tertiary alicyclic amines) is 1. The molecule has 0 spiro atoms. The predicted octanol–water partition coefficient (Wildman–Crippen LogP) is 2.94. The first-order valence-corrected chi connectivity index (χ1v) is 9.38. The van der Waals surface area contributed by atoms with Gasteiger partial charge in [0.05, 0.1) is 24.3 Å². The van der Waals surface area contributed by atoms with E-state index in [9.17, 15) is 14.7 Å². The van der Waals surface area contributed by atoms with Crippen molar-refractivity contribution in [3.8, 4) is 5.75 Å². The van der Waals surface area contributed by atoms with Crippen molar-refractivity contribution >= 4 is 17.4 Å². The highest BCUT2D eigenvalue weighted by molar-refractivity contribution is 6.46. The number of hydrogen-bond donors (Lipinski definition) is 1. The molecule has 3 rings (SSSR count). The summed E-state index contributed by atoms with van der Waals surface area (Å²) in [6, 6.07) is 9.53.